The lowest BCUT2D eigenvalue weighted by Gasteiger charge is -2.48. The number of hydrogen-bond donors (Lipinski definition) is 1. The molecule has 2 aromatic heterocycles. The average molecular weight is 607 g/mol. The first-order valence-electron chi connectivity index (χ1n) is 13.5. The summed E-state index contributed by atoms with van der Waals surface area (Å²) in [4.78, 5) is 34.0. The van der Waals surface area contributed by atoms with Crippen molar-refractivity contribution in [3.05, 3.63) is 48.4 Å². The number of hydrogen-bond acceptors (Lipinski definition) is 8. The number of primary amides is 1. The lowest BCUT2D eigenvalue weighted by Crippen LogP contribution is -2.59. The predicted octanol–water partition coefficient (Wildman–Crippen LogP) is 4.66. The fourth-order valence-electron chi connectivity index (χ4n) is 6.28. The molecule has 42 heavy (non-hydrogen) atoms. The van der Waals surface area contributed by atoms with Crippen LogP contribution in [-0.2, 0) is 19.6 Å². The van der Waals surface area contributed by atoms with Crippen LogP contribution in [0.15, 0.2) is 42.7 Å². The van der Waals surface area contributed by atoms with Crippen molar-refractivity contribution in [2.75, 3.05) is 7.11 Å². The van der Waals surface area contributed by atoms with Crippen LogP contribution in [0, 0.1) is 17.8 Å². The molecule has 0 radical (unpaired) electrons. The van der Waals surface area contributed by atoms with Crippen LogP contribution in [0.5, 0.6) is 5.88 Å². The summed E-state index contributed by atoms with van der Waals surface area (Å²) in [6, 6.07) is 5.94. The molecule has 0 unspecified atom stereocenters. The maximum atomic E-state index is 15.7. The Kier molecular flexibility index (Phi) is 8.13. The van der Waals surface area contributed by atoms with Gasteiger partial charge in [-0.15, -0.1) is 0 Å². The Morgan fingerprint density at radius 2 is 1.88 bits per heavy atom. The van der Waals surface area contributed by atoms with Gasteiger partial charge in [0.25, 0.3) is 5.92 Å². The lowest BCUT2D eigenvalue weighted by atomic mass is 9.61. The zero-order valence-corrected chi connectivity index (χ0v) is 25.2. The van der Waals surface area contributed by atoms with E-state index >= 15 is 8.78 Å². The van der Waals surface area contributed by atoms with E-state index in [9.17, 15) is 18.0 Å². The van der Waals surface area contributed by atoms with Crippen molar-refractivity contribution in [1.82, 2.24) is 14.3 Å². The fourth-order valence-corrected chi connectivity index (χ4v) is 8.87. The van der Waals surface area contributed by atoms with Crippen LogP contribution >= 0.6 is 0 Å². The van der Waals surface area contributed by atoms with Crippen molar-refractivity contribution in [3.8, 4) is 17.0 Å². The average Bonchev–Trinajstić information content (AvgIpc) is 3.04. The molecule has 1 aliphatic heterocycles. The first-order chi connectivity index (χ1) is 19.4. The molecular formula is C29H36F2N4O6S. The number of allylic oxidation sites excluding steroid dienone is 1. The Bertz CT molecular complexity index is 1490. The quantitative estimate of drug-likeness (QED) is 0.501. The van der Waals surface area contributed by atoms with Gasteiger partial charge in [0.05, 0.1) is 18.8 Å². The SMILES string of the molecule is COc1ncccc1-c1ccc(/C=C/[C@@H]2[C@@H]3[C@@H](C)N(C(=O)OC(C)(C)C)S(=O)(=O)[C@@]3(CC(N)=O)CC(F)(F)[C@H]2C)nc1. The van der Waals surface area contributed by atoms with E-state index in [0.717, 1.165) is 5.56 Å². The van der Waals surface area contributed by atoms with E-state index in [4.69, 9.17) is 15.2 Å². The van der Waals surface area contributed by atoms with Crippen molar-refractivity contribution in [3.63, 3.8) is 0 Å². The molecular weight excluding hydrogens is 570 g/mol. The molecule has 5 atom stereocenters. The predicted molar refractivity (Wildman–Crippen MR) is 152 cm³/mol. The zero-order chi connectivity index (χ0) is 31.3. The van der Waals surface area contributed by atoms with Crippen LogP contribution in [0.2, 0.25) is 0 Å². The molecule has 3 heterocycles. The molecule has 228 valence electrons. The van der Waals surface area contributed by atoms with Gasteiger partial charge in [0.15, 0.2) is 0 Å². The van der Waals surface area contributed by atoms with Crippen LogP contribution in [-0.4, -0.2) is 64.1 Å². The number of nitrogens with two attached hydrogens (primary N) is 1. The van der Waals surface area contributed by atoms with Gasteiger partial charge in [0, 0.05) is 48.2 Å². The summed E-state index contributed by atoms with van der Waals surface area (Å²) in [7, 11) is -3.30. The molecule has 1 aliphatic carbocycles. The van der Waals surface area contributed by atoms with Gasteiger partial charge < -0.3 is 15.2 Å². The van der Waals surface area contributed by atoms with E-state index in [1.54, 1.807) is 51.4 Å². The highest BCUT2D eigenvalue weighted by atomic mass is 32.2. The van der Waals surface area contributed by atoms with Crippen molar-refractivity contribution in [2.24, 2.45) is 23.5 Å². The van der Waals surface area contributed by atoms with E-state index in [0.29, 0.717) is 21.4 Å². The Morgan fingerprint density at radius 1 is 1.19 bits per heavy atom. The van der Waals surface area contributed by atoms with Gasteiger partial charge in [-0.2, -0.15) is 0 Å². The Morgan fingerprint density at radius 3 is 2.45 bits per heavy atom. The van der Waals surface area contributed by atoms with Crippen molar-refractivity contribution >= 4 is 28.1 Å². The van der Waals surface area contributed by atoms with Crippen LogP contribution in [0.25, 0.3) is 17.2 Å². The maximum absolute atomic E-state index is 15.7. The first kappa shape index (κ1) is 31.3. The van der Waals surface area contributed by atoms with E-state index < -0.39 is 74.9 Å². The van der Waals surface area contributed by atoms with E-state index in [1.165, 1.54) is 33.1 Å². The number of alkyl halides is 2. The minimum absolute atomic E-state index is 0.414. The Hall–Kier alpha value is -3.61. The van der Waals surface area contributed by atoms with Gasteiger partial charge in [-0.3, -0.25) is 9.78 Å². The highest BCUT2D eigenvalue weighted by molar-refractivity contribution is 7.91. The number of sulfonamides is 1. The first-order valence-corrected chi connectivity index (χ1v) is 15.0. The van der Waals surface area contributed by atoms with Gasteiger partial charge in [-0.1, -0.05) is 19.1 Å². The summed E-state index contributed by atoms with van der Waals surface area (Å²) in [5.74, 6) is -7.60. The molecule has 0 spiro atoms. The summed E-state index contributed by atoms with van der Waals surface area (Å²) < 4.78 is 68.2. The molecule has 2 fully saturated rings. The number of pyridine rings is 2. The molecule has 0 bridgehead atoms. The molecule has 10 nitrogen and oxygen atoms in total. The third-order valence-corrected chi connectivity index (χ3v) is 10.6. The summed E-state index contributed by atoms with van der Waals surface area (Å²) in [6.45, 7) is 7.50. The maximum Gasteiger partial charge on any atom is 0.424 e. The minimum atomic E-state index is -4.81. The molecule has 13 heteroatoms. The number of carbonyl (C=O) groups excluding carboxylic acids is 2. The van der Waals surface area contributed by atoms with Crippen LogP contribution in [0.1, 0.15) is 53.2 Å². The highest BCUT2D eigenvalue weighted by Crippen LogP contribution is 2.60. The van der Waals surface area contributed by atoms with E-state index in [2.05, 4.69) is 9.97 Å². The topological polar surface area (TPSA) is 142 Å². The Balaban J connectivity index is 1.77. The summed E-state index contributed by atoms with van der Waals surface area (Å²) in [5, 5.41) is 0. The van der Waals surface area contributed by atoms with Gasteiger partial charge in [-0.05, 0) is 57.9 Å². The van der Waals surface area contributed by atoms with Gasteiger partial charge in [-0.25, -0.2) is 31.3 Å². The van der Waals surface area contributed by atoms with E-state index in [-0.39, 0.29) is 0 Å². The molecule has 2 N–H and O–H groups in total. The number of aromatic nitrogens is 2. The van der Waals surface area contributed by atoms with Crippen LogP contribution in [0.3, 0.4) is 0 Å². The molecule has 1 saturated heterocycles. The smallest absolute Gasteiger partial charge is 0.424 e. The molecule has 2 amide bonds. The molecule has 4 rings (SSSR count). The second kappa shape index (κ2) is 10.9. The van der Waals surface area contributed by atoms with Gasteiger partial charge >= 0.3 is 6.09 Å². The van der Waals surface area contributed by atoms with Crippen LogP contribution in [0.4, 0.5) is 13.6 Å². The number of fused-ring (bicyclic) bond motifs is 1. The number of rotatable bonds is 6. The second-order valence-electron chi connectivity index (χ2n) is 12.0. The van der Waals surface area contributed by atoms with Gasteiger partial charge in [0.1, 0.15) is 10.3 Å². The second-order valence-corrected chi connectivity index (χ2v) is 14.1. The largest absolute Gasteiger partial charge is 0.481 e. The highest BCUT2D eigenvalue weighted by Gasteiger charge is 2.73. The fraction of sp³-hybridized carbons (Fsp3) is 0.517. The van der Waals surface area contributed by atoms with Crippen molar-refractivity contribution in [1.29, 1.82) is 0 Å². The monoisotopic (exact) mass is 606 g/mol. The Labute approximate surface area is 244 Å². The summed E-state index contributed by atoms with van der Waals surface area (Å²) >= 11 is 0. The minimum Gasteiger partial charge on any atom is -0.481 e. The summed E-state index contributed by atoms with van der Waals surface area (Å²) in [5.41, 5.74) is 6.27. The zero-order valence-electron chi connectivity index (χ0n) is 24.4. The normalized spacial score (nSPS) is 28.3. The number of methoxy groups -OCH3 is 1. The molecule has 2 aromatic rings. The third-order valence-electron chi connectivity index (χ3n) is 8.06. The molecule has 1 saturated carbocycles. The molecule has 2 aliphatic rings. The number of amides is 2. The van der Waals surface area contributed by atoms with Gasteiger partial charge in [0.2, 0.25) is 21.8 Å². The third kappa shape index (κ3) is 5.46. The van der Waals surface area contributed by atoms with Crippen molar-refractivity contribution in [2.45, 2.75) is 69.8 Å². The number of halogens is 2. The van der Waals surface area contributed by atoms with Crippen LogP contribution < -0.4 is 10.5 Å². The number of carbonyl (C=O) groups is 2. The molecule has 0 aromatic carbocycles. The number of nitrogens with zero attached hydrogens (tertiary/aromatic N) is 3. The number of ether oxygens (including phenoxy) is 2. The lowest BCUT2D eigenvalue weighted by molar-refractivity contribution is -0.133. The standard InChI is InChI=1S/C29H36F2N4O6S/c1-17-21(12-11-20-10-9-19(15-34-20)22-8-7-13-33-25(22)40-6)24-18(2)35(26(37)41-27(3,4)5)42(38,39)28(24,14-23(32)36)16-29(17,30)31/h7-13,15,17-18,21,24H,14,16H2,1-6H3,(H2,32,36)/b12-11+/t17-,18+,21-,24-,28-/m0/s1. The van der Waals surface area contributed by atoms with E-state index in [1.807, 2.05) is 6.07 Å². The summed E-state index contributed by atoms with van der Waals surface area (Å²) in [6.07, 6.45) is 3.02. The van der Waals surface area contributed by atoms with Crippen molar-refractivity contribution < 1.29 is 36.3 Å².